The predicted molar refractivity (Wildman–Crippen MR) is 128 cm³/mol. The molecule has 176 valence electrons. The third-order valence-electron chi connectivity index (χ3n) is 7.26. The maximum absolute atomic E-state index is 13.4. The Kier molecular flexibility index (Phi) is 5.82. The highest BCUT2D eigenvalue weighted by atomic mass is 32.2. The summed E-state index contributed by atoms with van der Waals surface area (Å²) in [5.74, 6) is 1.11. The zero-order valence-electron chi connectivity index (χ0n) is 19.2. The Labute approximate surface area is 196 Å². The van der Waals surface area contributed by atoms with Gasteiger partial charge in [-0.2, -0.15) is 4.31 Å². The van der Waals surface area contributed by atoms with Crippen molar-refractivity contribution in [1.82, 2.24) is 4.31 Å². The summed E-state index contributed by atoms with van der Waals surface area (Å²) < 4.78 is 33.9. The van der Waals surface area contributed by atoms with Crippen molar-refractivity contribution in [3.8, 4) is 5.75 Å². The molecule has 2 aromatic rings. The van der Waals surface area contributed by atoms with Gasteiger partial charge in [0.25, 0.3) is 0 Å². The number of rotatable bonds is 5. The average molecular weight is 470 g/mol. The summed E-state index contributed by atoms with van der Waals surface area (Å²) in [5.41, 5.74) is 2.81. The standard InChI is InChI=1S/C25H31N3O4S/c1-18-16-20-17-21(10-11-22(20)28(18)25(29)19-6-5-7-19)33(30,31)27-14-12-26(13-15-27)23-8-3-4-9-24(23)32-2/h3-4,8-11,17-19H,5-7,12-16H2,1-2H3/t18-/m0/s1. The highest BCUT2D eigenvalue weighted by molar-refractivity contribution is 7.89. The Morgan fingerprint density at radius 1 is 1.00 bits per heavy atom. The molecule has 1 aliphatic carbocycles. The van der Waals surface area contributed by atoms with E-state index in [-0.39, 0.29) is 17.9 Å². The van der Waals surface area contributed by atoms with Crippen molar-refractivity contribution in [3.05, 3.63) is 48.0 Å². The van der Waals surface area contributed by atoms with Crippen LogP contribution in [0.4, 0.5) is 11.4 Å². The van der Waals surface area contributed by atoms with E-state index in [1.807, 2.05) is 42.2 Å². The van der Waals surface area contributed by atoms with Crippen LogP contribution in [0.25, 0.3) is 0 Å². The molecule has 33 heavy (non-hydrogen) atoms. The number of hydrogen-bond acceptors (Lipinski definition) is 5. The van der Waals surface area contributed by atoms with Crippen LogP contribution in [-0.2, 0) is 21.2 Å². The number of methoxy groups -OCH3 is 1. The SMILES string of the molecule is COc1ccccc1N1CCN(S(=O)(=O)c2ccc3c(c2)C[C@H](C)N3C(=O)C2CCC2)CC1. The number of carbonyl (C=O) groups excluding carboxylic acids is 1. The molecule has 0 radical (unpaired) electrons. The van der Waals surface area contributed by atoms with E-state index in [9.17, 15) is 13.2 Å². The van der Waals surface area contributed by atoms with Gasteiger partial charge in [0.15, 0.2) is 0 Å². The molecule has 0 aromatic heterocycles. The Balaban J connectivity index is 1.32. The minimum Gasteiger partial charge on any atom is -0.495 e. The fourth-order valence-electron chi connectivity index (χ4n) is 5.17. The van der Waals surface area contributed by atoms with E-state index in [0.717, 1.165) is 42.0 Å². The number of sulfonamides is 1. The molecule has 2 heterocycles. The number of nitrogens with zero attached hydrogens (tertiary/aromatic N) is 3. The normalized spacial score (nSPS) is 21.6. The molecular weight excluding hydrogens is 438 g/mol. The Bertz CT molecular complexity index is 1150. The third-order valence-corrected chi connectivity index (χ3v) is 9.16. The minimum atomic E-state index is -3.60. The van der Waals surface area contributed by atoms with E-state index in [1.54, 1.807) is 23.5 Å². The fourth-order valence-corrected chi connectivity index (χ4v) is 6.64. The fraction of sp³-hybridized carbons (Fsp3) is 0.480. The molecule has 5 rings (SSSR count). The van der Waals surface area contributed by atoms with Gasteiger partial charge in [0.2, 0.25) is 15.9 Å². The van der Waals surface area contributed by atoms with E-state index in [1.165, 1.54) is 0 Å². The number of para-hydroxylation sites is 2. The van der Waals surface area contributed by atoms with Gasteiger partial charge in [0, 0.05) is 43.8 Å². The summed E-state index contributed by atoms with van der Waals surface area (Å²) >= 11 is 0. The number of benzene rings is 2. The lowest BCUT2D eigenvalue weighted by Gasteiger charge is -2.36. The van der Waals surface area contributed by atoms with E-state index >= 15 is 0 Å². The largest absolute Gasteiger partial charge is 0.495 e. The van der Waals surface area contributed by atoms with Gasteiger partial charge >= 0.3 is 0 Å². The Hall–Kier alpha value is -2.58. The minimum absolute atomic E-state index is 0.0652. The third kappa shape index (κ3) is 3.89. The van der Waals surface area contributed by atoms with Crippen molar-refractivity contribution in [2.24, 2.45) is 5.92 Å². The first kappa shape index (κ1) is 22.2. The molecular formula is C25H31N3O4S. The topological polar surface area (TPSA) is 70.2 Å². The van der Waals surface area contributed by atoms with Crippen LogP contribution in [0.1, 0.15) is 31.7 Å². The van der Waals surface area contributed by atoms with Crippen LogP contribution in [0.2, 0.25) is 0 Å². The highest BCUT2D eigenvalue weighted by Crippen LogP contribution is 2.38. The average Bonchev–Trinajstić information content (AvgIpc) is 3.12. The van der Waals surface area contributed by atoms with Crippen LogP contribution in [0.15, 0.2) is 47.4 Å². The van der Waals surface area contributed by atoms with Gasteiger partial charge < -0.3 is 14.5 Å². The smallest absolute Gasteiger partial charge is 0.243 e. The zero-order valence-corrected chi connectivity index (χ0v) is 20.1. The van der Waals surface area contributed by atoms with Gasteiger partial charge in [0.1, 0.15) is 5.75 Å². The van der Waals surface area contributed by atoms with Crippen LogP contribution in [0.5, 0.6) is 5.75 Å². The van der Waals surface area contributed by atoms with Gasteiger partial charge in [-0.1, -0.05) is 18.6 Å². The first-order valence-electron chi connectivity index (χ1n) is 11.7. The number of fused-ring (bicyclic) bond motifs is 1. The molecule has 1 saturated heterocycles. The molecule has 1 amide bonds. The molecule has 2 aromatic carbocycles. The van der Waals surface area contributed by atoms with E-state index in [2.05, 4.69) is 4.90 Å². The van der Waals surface area contributed by atoms with Crippen LogP contribution in [0.3, 0.4) is 0 Å². The van der Waals surface area contributed by atoms with Crippen molar-refractivity contribution < 1.29 is 17.9 Å². The molecule has 2 fully saturated rings. The van der Waals surface area contributed by atoms with E-state index in [4.69, 9.17) is 4.74 Å². The summed E-state index contributed by atoms with van der Waals surface area (Å²) in [6.07, 6.45) is 3.74. The summed E-state index contributed by atoms with van der Waals surface area (Å²) in [6.45, 7) is 4.08. The molecule has 1 saturated carbocycles. The van der Waals surface area contributed by atoms with Gasteiger partial charge in [0.05, 0.1) is 17.7 Å². The van der Waals surface area contributed by atoms with Crippen LogP contribution in [-0.4, -0.2) is 58.0 Å². The molecule has 0 spiro atoms. The second-order valence-electron chi connectivity index (χ2n) is 9.24. The lowest BCUT2D eigenvalue weighted by molar-refractivity contribution is -0.125. The van der Waals surface area contributed by atoms with Gasteiger partial charge in [-0.25, -0.2) is 8.42 Å². The van der Waals surface area contributed by atoms with Gasteiger partial charge in [-0.15, -0.1) is 0 Å². The van der Waals surface area contributed by atoms with Crippen molar-refractivity contribution in [3.63, 3.8) is 0 Å². The van der Waals surface area contributed by atoms with Crippen LogP contribution in [0, 0.1) is 5.92 Å². The quantitative estimate of drug-likeness (QED) is 0.672. The monoisotopic (exact) mass is 469 g/mol. The molecule has 0 bridgehead atoms. The number of amides is 1. The summed E-state index contributed by atoms with van der Waals surface area (Å²) in [6, 6.07) is 13.2. The molecule has 7 nitrogen and oxygen atoms in total. The molecule has 3 aliphatic rings. The highest BCUT2D eigenvalue weighted by Gasteiger charge is 2.38. The van der Waals surface area contributed by atoms with E-state index in [0.29, 0.717) is 37.5 Å². The van der Waals surface area contributed by atoms with Crippen LogP contribution >= 0.6 is 0 Å². The van der Waals surface area contributed by atoms with Gasteiger partial charge in [-0.3, -0.25) is 4.79 Å². The molecule has 1 atom stereocenters. The zero-order chi connectivity index (χ0) is 23.2. The summed E-state index contributed by atoms with van der Waals surface area (Å²) in [5, 5.41) is 0. The first-order valence-corrected chi connectivity index (χ1v) is 13.2. The molecule has 8 heteroatoms. The lowest BCUT2D eigenvalue weighted by atomic mass is 9.84. The Morgan fingerprint density at radius 2 is 1.73 bits per heavy atom. The number of ether oxygens (including phenoxy) is 1. The van der Waals surface area contributed by atoms with Crippen LogP contribution < -0.4 is 14.5 Å². The van der Waals surface area contributed by atoms with E-state index < -0.39 is 10.0 Å². The molecule has 2 aliphatic heterocycles. The molecule has 0 unspecified atom stereocenters. The maximum atomic E-state index is 13.4. The second kappa shape index (κ2) is 8.65. The van der Waals surface area contributed by atoms with Crippen molar-refractivity contribution >= 4 is 27.3 Å². The first-order chi connectivity index (χ1) is 15.9. The number of anilines is 2. The lowest BCUT2D eigenvalue weighted by Crippen LogP contribution is -2.48. The maximum Gasteiger partial charge on any atom is 0.243 e. The van der Waals surface area contributed by atoms with Gasteiger partial charge in [-0.05, 0) is 62.1 Å². The number of piperazine rings is 1. The number of hydrogen-bond donors (Lipinski definition) is 0. The van der Waals surface area contributed by atoms with Crippen molar-refractivity contribution in [2.45, 2.75) is 43.5 Å². The Morgan fingerprint density at radius 3 is 2.39 bits per heavy atom. The predicted octanol–water partition coefficient (Wildman–Crippen LogP) is 3.28. The summed E-state index contributed by atoms with van der Waals surface area (Å²) in [4.78, 5) is 17.3. The molecule has 0 N–H and O–H groups in total. The van der Waals surface area contributed by atoms with Crippen molar-refractivity contribution in [1.29, 1.82) is 0 Å². The summed E-state index contributed by atoms with van der Waals surface area (Å²) in [7, 11) is -1.95. The number of carbonyl (C=O) groups is 1. The van der Waals surface area contributed by atoms with Crippen molar-refractivity contribution in [2.75, 3.05) is 43.1 Å². The second-order valence-corrected chi connectivity index (χ2v) is 11.2.